The first-order chi connectivity index (χ1) is 13.8. The maximum Gasteiger partial charge on any atom is 0.249 e. The second kappa shape index (κ2) is 7.75. The minimum atomic E-state index is -0.179. The molecule has 1 fully saturated rings. The van der Waals surface area contributed by atoms with Gasteiger partial charge in [-0.2, -0.15) is 4.98 Å². The van der Waals surface area contributed by atoms with E-state index < -0.39 is 0 Å². The summed E-state index contributed by atoms with van der Waals surface area (Å²) in [5.74, 6) is 1.18. The summed E-state index contributed by atoms with van der Waals surface area (Å²) in [6, 6.07) is 16.1. The molecule has 0 N–H and O–H groups in total. The molecule has 0 saturated carbocycles. The van der Waals surface area contributed by atoms with E-state index in [1.165, 1.54) is 5.56 Å². The molecule has 0 spiro atoms. The number of hydrogen-bond donors (Lipinski definition) is 0. The molecule has 1 atom stereocenters. The van der Waals surface area contributed by atoms with Gasteiger partial charge in [-0.3, -0.25) is 4.79 Å². The molecule has 1 aliphatic rings. The van der Waals surface area contributed by atoms with Crippen molar-refractivity contribution in [2.45, 2.75) is 51.6 Å². The van der Waals surface area contributed by atoms with Gasteiger partial charge in [0.25, 0.3) is 0 Å². The smallest absolute Gasteiger partial charge is 0.249 e. The van der Waals surface area contributed by atoms with Gasteiger partial charge in [0, 0.05) is 23.0 Å². The van der Waals surface area contributed by atoms with Crippen LogP contribution in [0, 0.1) is 0 Å². The Morgan fingerprint density at radius 3 is 2.45 bits per heavy atom. The molecule has 1 amide bonds. The third-order valence-corrected chi connectivity index (χ3v) is 5.86. The molecular formula is C23H24BrN3O2. The third kappa shape index (κ3) is 4.27. The van der Waals surface area contributed by atoms with Crippen molar-refractivity contribution in [1.29, 1.82) is 0 Å². The lowest BCUT2D eigenvalue weighted by molar-refractivity contribution is -0.129. The van der Waals surface area contributed by atoms with Gasteiger partial charge in [0.1, 0.15) is 6.04 Å². The summed E-state index contributed by atoms with van der Waals surface area (Å²) in [5, 5.41) is 4.17. The number of nitrogens with zero attached hydrogens (tertiary/aromatic N) is 3. The number of aromatic nitrogens is 2. The van der Waals surface area contributed by atoms with Crippen LogP contribution in [0.1, 0.15) is 56.7 Å². The van der Waals surface area contributed by atoms with E-state index in [-0.39, 0.29) is 17.4 Å². The summed E-state index contributed by atoms with van der Waals surface area (Å²) < 4.78 is 6.59. The van der Waals surface area contributed by atoms with E-state index in [9.17, 15) is 4.79 Å². The number of carbonyl (C=O) groups excluding carboxylic acids is 1. The molecule has 3 aromatic rings. The fraction of sp³-hybridized carbons (Fsp3) is 0.348. The Morgan fingerprint density at radius 1 is 1.10 bits per heavy atom. The van der Waals surface area contributed by atoms with Crippen molar-refractivity contribution < 1.29 is 9.32 Å². The number of hydrogen-bond acceptors (Lipinski definition) is 4. The lowest BCUT2D eigenvalue weighted by atomic mass is 9.87. The molecular weight excluding hydrogens is 430 g/mol. The predicted molar refractivity (Wildman–Crippen MR) is 115 cm³/mol. The average Bonchev–Trinajstić information content (AvgIpc) is 3.30. The van der Waals surface area contributed by atoms with Gasteiger partial charge in [-0.25, -0.2) is 0 Å². The monoisotopic (exact) mass is 453 g/mol. The molecule has 0 radical (unpaired) electrons. The molecule has 1 aromatic heterocycles. The van der Waals surface area contributed by atoms with Crippen LogP contribution in [0.3, 0.4) is 0 Å². The van der Waals surface area contributed by atoms with Crippen molar-refractivity contribution >= 4 is 21.8 Å². The van der Waals surface area contributed by atoms with E-state index in [2.05, 4.69) is 59.0 Å². The van der Waals surface area contributed by atoms with Gasteiger partial charge >= 0.3 is 0 Å². The maximum absolute atomic E-state index is 12.5. The van der Waals surface area contributed by atoms with Gasteiger partial charge in [-0.1, -0.05) is 78.3 Å². The molecule has 1 aliphatic heterocycles. The van der Waals surface area contributed by atoms with Crippen molar-refractivity contribution in [3.8, 4) is 11.4 Å². The number of carbonyl (C=O) groups is 1. The molecule has 2 heterocycles. The normalized spacial score (nSPS) is 17.2. The second-order valence-electron chi connectivity index (χ2n) is 8.49. The van der Waals surface area contributed by atoms with Gasteiger partial charge in [0.15, 0.2) is 0 Å². The van der Waals surface area contributed by atoms with Gasteiger partial charge < -0.3 is 9.42 Å². The summed E-state index contributed by atoms with van der Waals surface area (Å²) in [6.07, 6.45) is 1.19. The molecule has 29 heavy (non-hydrogen) atoms. The van der Waals surface area contributed by atoms with E-state index in [0.717, 1.165) is 15.6 Å². The highest BCUT2D eigenvalue weighted by Gasteiger charge is 2.36. The minimum Gasteiger partial charge on any atom is -0.337 e. The van der Waals surface area contributed by atoms with Crippen molar-refractivity contribution in [2.75, 3.05) is 0 Å². The molecule has 6 heteroatoms. The Labute approximate surface area is 179 Å². The summed E-state index contributed by atoms with van der Waals surface area (Å²) >= 11 is 3.44. The molecule has 2 aromatic carbocycles. The summed E-state index contributed by atoms with van der Waals surface area (Å²) in [7, 11) is 0. The third-order valence-electron chi connectivity index (χ3n) is 5.33. The number of likely N-dealkylation sites (tertiary alicyclic amines) is 1. The molecule has 5 nitrogen and oxygen atoms in total. The van der Waals surface area contributed by atoms with Crippen molar-refractivity contribution in [1.82, 2.24) is 15.0 Å². The van der Waals surface area contributed by atoms with Crippen LogP contribution in [0.2, 0.25) is 0 Å². The number of rotatable bonds is 4. The summed E-state index contributed by atoms with van der Waals surface area (Å²) in [4.78, 5) is 18.9. The van der Waals surface area contributed by atoms with Crippen LogP contribution in [0.4, 0.5) is 0 Å². The van der Waals surface area contributed by atoms with Crippen LogP contribution in [-0.2, 0) is 16.8 Å². The van der Waals surface area contributed by atoms with Gasteiger partial charge in [-0.15, -0.1) is 0 Å². The molecule has 0 aliphatic carbocycles. The van der Waals surface area contributed by atoms with Crippen LogP contribution in [0.25, 0.3) is 11.4 Å². The Hall–Kier alpha value is -2.47. The van der Waals surface area contributed by atoms with Crippen molar-refractivity contribution in [3.63, 3.8) is 0 Å². The van der Waals surface area contributed by atoms with Gasteiger partial charge in [0.2, 0.25) is 17.6 Å². The molecule has 4 rings (SSSR count). The second-order valence-corrected chi connectivity index (χ2v) is 9.40. The zero-order chi connectivity index (χ0) is 20.6. The quantitative estimate of drug-likeness (QED) is 0.511. The van der Waals surface area contributed by atoms with Crippen LogP contribution in [0.5, 0.6) is 0 Å². The van der Waals surface area contributed by atoms with E-state index in [4.69, 9.17) is 4.52 Å². The minimum absolute atomic E-state index is 0.0959. The highest BCUT2D eigenvalue weighted by Crippen LogP contribution is 2.34. The number of amides is 1. The van der Waals surface area contributed by atoms with Gasteiger partial charge in [0.05, 0.1) is 0 Å². The number of halogens is 1. The van der Waals surface area contributed by atoms with E-state index in [1.54, 1.807) is 0 Å². The first-order valence-corrected chi connectivity index (χ1v) is 10.6. The lowest BCUT2D eigenvalue weighted by Gasteiger charge is -2.22. The van der Waals surface area contributed by atoms with Crippen molar-refractivity contribution in [3.05, 3.63) is 70.0 Å². The van der Waals surface area contributed by atoms with Crippen LogP contribution >= 0.6 is 15.9 Å². The first-order valence-electron chi connectivity index (χ1n) is 9.80. The van der Waals surface area contributed by atoms with E-state index >= 15 is 0 Å². The number of benzene rings is 2. The summed E-state index contributed by atoms with van der Waals surface area (Å²) in [5.41, 5.74) is 3.34. The highest BCUT2D eigenvalue weighted by atomic mass is 79.9. The fourth-order valence-corrected chi connectivity index (χ4v) is 3.85. The van der Waals surface area contributed by atoms with E-state index in [0.29, 0.717) is 31.1 Å². The zero-order valence-electron chi connectivity index (χ0n) is 16.9. The molecule has 1 unspecified atom stereocenters. The maximum atomic E-state index is 12.5. The first kappa shape index (κ1) is 19.8. The average molecular weight is 454 g/mol. The summed E-state index contributed by atoms with van der Waals surface area (Å²) in [6.45, 7) is 7.09. The molecule has 1 saturated heterocycles. The Morgan fingerprint density at radius 2 is 1.79 bits per heavy atom. The topological polar surface area (TPSA) is 59.2 Å². The Bertz CT molecular complexity index is 1000. The standard InChI is InChI=1S/C23H24BrN3O2/c1-23(2,3)17-8-6-16(7-9-17)21-25-22(29-26-21)19-12-13-20(28)27(19)14-15-4-10-18(24)11-5-15/h4-11,19H,12-14H2,1-3H3. The highest BCUT2D eigenvalue weighted by molar-refractivity contribution is 9.10. The molecule has 0 bridgehead atoms. The van der Waals surface area contributed by atoms with Crippen molar-refractivity contribution in [2.24, 2.45) is 0 Å². The molecule has 150 valence electrons. The Kier molecular flexibility index (Phi) is 5.30. The largest absolute Gasteiger partial charge is 0.337 e. The fourth-order valence-electron chi connectivity index (χ4n) is 3.58. The van der Waals surface area contributed by atoms with Crippen LogP contribution in [0.15, 0.2) is 57.5 Å². The van der Waals surface area contributed by atoms with E-state index in [1.807, 2.05) is 41.3 Å². The lowest BCUT2D eigenvalue weighted by Crippen LogP contribution is -2.27. The van der Waals surface area contributed by atoms with Gasteiger partial charge in [-0.05, 0) is 35.1 Å². The predicted octanol–water partition coefficient (Wildman–Crippen LogP) is 5.66. The van der Waals surface area contributed by atoms with Crippen LogP contribution in [-0.4, -0.2) is 20.9 Å². The Balaban J connectivity index is 1.54. The zero-order valence-corrected chi connectivity index (χ0v) is 18.4. The van der Waals surface area contributed by atoms with Crippen LogP contribution < -0.4 is 0 Å². The SMILES string of the molecule is CC(C)(C)c1ccc(-c2noc(C3CCC(=O)N3Cc3ccc(Br)cc3)n2)cc1.